The average Bonchev–Trinajstić information content (AvgIpc) is 2.94. The molecule has 37 heavy (non-hydrogen) atoms. The molecule has 2 fully saturated rings. The minimum Gasteiger partial charge on any atom is -0.378 e. The van der Waals surface area contributed by atoms with Crippen LogP contribution in [0.4, 0.5) is 33.6 Å². The van der Waals surface area contributed by atoms with E-state index in [2.05, 4.69) is 37.6 Å². The van der Waals surface area contributed by atoms with Gasteiger partial charge in [-0.1, -0.05) is 12.1 Å². The van der Waals surface area contributed by atoms with Crippen LogP contribution >= 0.6 is 0 Å². The van der Waals surface area contributed by atoms with Crippen molar-refractivity contribution in [3.05, 3.63) is 66.4 Å². The smallest absolute Gasteiger partial charge is 0.321 e. The predicted molar refractivity (Wildman–Crippen MR) is 144 cm³/mol. The zero-order valence-electron chi connectivity index (χ0n) is 20.9. The van der Waals surface area contributed by atoms with Crippen molar-refractivity contribution < 1.29 is 14.3 Å². The largest absolute Gasteiger partial charge is 0.378 e. The molecule has 10 heteroatoms. The second kappa shape index (κ2) is 11.3. The van der Waals surface area contributed by atoms with Crippen molar-refractivity contribution in [2.75, 3.05) is 72.9 Å². The number of anilines is 5. The van der Waals surface area contributed by atoms with Gasteiger partial charge < -0.3 is 30.1 Å². The Morgan fingerprint density at radius 1 is 0.865 bits per heavy atom. The Bertz CT molecular complexity index is 1240. The fourth-order valence-corrected chi connectivity index (χ4v) is 4.52. The monoisotopic (exact) mass is 501 g/mol. The standard InChI is InChI=1S/C27H31N7O3/c1-20(35)23-4-2-3-5-24(23)30-27(36)34-14-12-33(13-15-34)25-10-11-28-26(31-25)29-21-6-8-22(9-7-21)32-16-18-37-19-17-32/h2-11H,12-19H2,1H3,(H,30,36)(H,28,29,31). The molecule has 10 nitrogen and oxygen atoms in total. The van der Waals surface area contributed by atoms with Crippen LogP contribution in [0.5, 0.6) is 0 Å². The Labute approximate surface area is 216 Å². The number of aromatic nitrogens is 2. The highest BCUT2D eigenvalue weighted by molar-refractivity contribution is 6.03. The number of hydrogen-bond acceptors (Lipinski definition) is 8. The number of urea groups is 1. The Balaban J connectivity index is 1.16. The summed E-state index contributed by atoms with van der Waals surface area (Å²) in [6.07, 6.45) is 1.74. The van der Waals surface area contributed by atoms with Crippen LogP contribution in [-0.4, -0.2) is 79.2 Å². The van der Waals surface area contributed by atoms with Gasteiger partial charge in [-0.05, 0) is 49.4 Å². The van der Waals surface area contributed by atoms with Gasteiger partial charge in [0.05, 0.1) is 18.9 Å². The number of nitrogens with zero attached hydrogens (tertiary/aromatic N) is 5. The van der Waals surface area contributed by atoms with Crippen molar-refractivity contribution >= 4 is 40.6 Å². The maximum atomic E-state index is 12.8. The minimum atomic E-state index is -0.209. The number of carbonyl (C=O) groups excluding carboxylic acids is 2. The first-order valence-electron chi connectivity index (χ1n) is 12.5. The van der Waals surface area contributed by atoms with Crippen LogP contribution in [0.15, 0.2) is 60.8 Å². The normalized spacial score (nSPS) is 15.9. The van der Waals surface area contributed by atoms with Crippen LogP contribution in [-0.2, 0) is 4.74 Å². The highest BCUT2D eigenvalue weighted by atomic mass is 16.5. The molecule has 0 aliphatic carbocycles. The number of benzene rings is 2. The van der Waals surface area contributed by atoms with E-state index in [9.17, 15) is 9.59 Å². The first-order chi connectivity index (χ1) is 18.1. The average molecular weight is 502 g/mol. The molecule has 0 bridgehead atoms. The number of ether oxygens (including phenoxy) is 1. The number of amides is 2. The lowest BCUT2D eigenvalue weighted by molar-refractivity contribution is 0.101. The summed E-state index contributed by atoms with van der Waals surface area (Å²) < 4.78 is 5.43. The molecule has 2 aromatic carbocycles. The molecule has 3 aromatic rings. The quantitative estimate of drug-likeness (QED) is 0.494. The molecule has 2 aliphatic heterocycles. The molecule has 3 heterocycles. The highest BCUT2D eigenvalue weighted by Crippen LogP contribution is 2.22. The molecule has 1 aromatic heterocycles. The number of hydrogen-bond donors (Lipinski definition) is 2. The summed E-state index contributed by atoms with van der Waals surface area (Å²) in [6.45, 7) is 7.19. The summed E-state index contributed by atoms with van der Waals surface area (Å²) >= 11 is 0. The molecule has 2 saturated heterocycles. The predicted octanol–water partition coefficient (Wildman–Crippen LogP) is 3.61. The molecule has 2 amide bonds. The third-order valence-electron chi connectivity index (χ3n) is 6.58. The fraction of sp³-hybridized carbons (Fsp3) is 0.333. The number of ketones is 1. The van der Waals surface area contributed by atoms with Crippen molar-refractivity contribution in [1.82, 2.24) is 14.9 Å². The highest BCUT2D eigenvalue weighted by Gasteiger charge is 2.23. The summed E-state index contributed by atoms with van der Waals surface area (Å²) in [5.41, 5.74) is 3.13. The van der Waals surface area contributed by atoms with Gasteiger partial charge in [-0.3, -0.25) is 4.79 Å². The van der Waals surface area contributed by atoms with E-state index in [1.54, 1.807) is 35.4 Å². The Hall–Kier alpha value is -4.18. The summed E-state index contributed by atoms with van der Waals surface area (Å²) in [4.78, 5) is 39.9. The molecular weight excluding hydrogens is 470 g/mol. The third kappa shape index (κ3) is 5.97. The van der Waals surface area contributed by atoms with Crippen LogP contribution in [0.25, 0.3) is 0 Å². The lowest BCUT2D eigenvalue weighted by Gasteiger charge is -2.35. The van der Waals surface area contributed by atoms with Gasteiger partial charge in [-0.25, -0.2) is 9.78 Å². The molecule has 192 valence electrons. The third-order valence-corrected chi connectivity index (χ3v) is 6.58. The van der Waals surface area contributed by atoms with Crippen LogP contribution < -0.4 is 20.4 Å². The SMILES string of the molecule is CC(=O)c1ccccc1NC(=O)N1CCN(c2ccnc(Nc3ccc(N4CCOCC4)cc3)n2)CC1. The maximum Gasteiger partial charge on any atom is 0.321 e. The van der Waals surface area contributed by atoms with E-state index in [0.717, 1.165) is 37.8 Å². The maximum absolute atomic E-state index is 12.8. The van der Waals surface area contributed by atoms with Gasteiger partial charge >= 0.3 is 6.03 Å². The number of carbonyl (C=O) groups is 2. The van der Waals surface area contributed by atoms with Crippen molar-refractivity contribution in [2.45, 2.75) is 6.92 Å². The number of Topliss-reactive ketones (excluding diaryl/α,β-unsaturated/α-hetero) is 1. The second-order valence-corrected chi connectivity index (χ2v) is 9.02. The van der Waals surface area contributed by atoms with Gasteiger partial charge in [-0.15, -0.1) is 0 Å². The van der Waals surface area contributed by atoms with E-state index >= 15 is 0 Å². The van der Waals surface area contributed by atoms with Gasteiger partial charge in [0.2, 0.25) is 5.95 Å². The van der Waals surface area contributed by atoms with Crippen molar-refractivity contribution in [1.29, 1.82) is 0 Å². The Morgan fingerprint density at radius 2 is 1.59 bits per heavy atom. The van der Waals surface area contributed by atoms with Gasteiger partial charge in [0.15, 0.2) is 5.78 Å². The number of para-hydroxylation sites is 1. The summed E-state index contributed by atoms with van der Waals surface area (Å²) in [5, 5.41) is 6.17. The first kappa shape index (κ1) is 24.5. The van der Waals surface area contributed by atoms with Crippen molar-refractivity contribution in [2.24, 2.45) is 0 Å². The van der Waals surface area contributed by atoms with Gasteiger partial charge in [-0.2, -0.15) is 4.98 Å². The molecule has 5 rings (SSSR count). The zero-order valence-corrected chi connectivity index (χ0v) is 20.9. The Morgan fingerprint density at radius 3 is 2.32 bits per heavy atom. The van der Waals surface area contributed by atoms with Gasteiger partial charge in [0.25, 0.3) is 0 Å². The molecule has 0 radical (unpaired) electrons. The Kier molecular flexibility index (Phi) is 7.46. The van der Waals surface area contributed by atoms with Crippen molar-refractivity contribution in [3.63, 3.8) is 0 Å². The molecule has 0 spiro atoms. The van der Waals surface area contributed by atoms with Crippen LogP contribution in [0.1, 0.15) is 17.3 Å². The van der Waals surface area contributed by atoms with E-state index in [1.807, 2.05) is 18.2 Å². The molecule has 0 atom stereocenters. The number of rotatable bonds is 6. The summed E-state index contributed by atoms with van der Waals surface area (Å²) in [7, 11) is 0. The van der Waals surface area contributed by atoms with E-state index in [-0.39, 0.29) is 11.8 Å². The van der Waals surface area contributed by atoms with Crippen molar-refractivity contribution in [3.8, 4) is 0 Å². The van der Waals surface area contributed by atoms with E-state index in [1.165, 1.54) is 12.6 Å². The lowest BCUT2D eigenvalue weighted by atomic mass is 10.1. The van der Waals surface area contributed by atoms with Gasteiger partial charge in [0.1, 0.15) is 5.82 Å². The number of morpholine rings is 1. The van der Waals surface area contributed by atoms with E-state index < -0.39 is 0 Å². The summed E-state index contributed by atoms with van der Waals surface area (Å²) in [5.74, 6) is 1.25. The lowest BCUT2D eigenvalue weighted by Crippen LogP contribution is -2.50. The number of nitrogens with one attached hydrogen (secondary N) is 2. The van der Waals surface area contributed by atoms with Crippen LogP contribution in [0.3, 0.4) is 0 Å². The molecule has 0 saturated carbocycles. The van der Waals surface area contributed by atoms with Crippen LogP contribution in [0.2, 0.25) is 0 Å². The molecule has 0 unspecified atom stereocenters. The van der Waals surface area contributed by atoms with Gasteiger partial charge in [0, 0.05) is 62.4 Å². The molecule has 2 aliphatic rings. The number of piperazine rings is 1. The molecular formula is C27H31N7O3. The minimum absolute atomic E-state index is 0.0815. The van der Waals surface area contributed by atoms with Crippen LogP contribution in [0, 0.1) is 0 Å². The fourth-order valence-electron chi connectivity index (χ4n) is 4.52. The first-order valence-corrected chi connectivity index (χ1v) is 12.5. The molecule has 2 N–H and O–H groups in total. The van der Waals surface area contributed by atoms with E-state index in [4.69, 9.17) is 9.72 Å². The van der Waals surface area contributed by atoms with E-state index in [0.29, 0.717) is 43.4 Å². The topological polar surface area (TPSA) is 103 Å². The summed E-state index contributed by atoms with van der Waals surface area (Å²) in [6, 6.07) is 17.0. The zero-order chi connectivity index (χ0) is 25.6. The second-order valence-electron chi connectivity index (χ2n) is 9.02.